The predicted molar refractivity (Wildman–Crippen MR) is 379 cm³/mol. The Hall–Kier alpha value is -5.62. The highest BCUT2D eigenvalue weighted by molar-refractivity contribution is 8.00. The van der Waals surface area contributed by atoms with Crippen molar-refractivity contribution in [2.75, 3.05) is 106 Å². The van der Waals surface area contributed by atoms with Crippen LogP contribution in [0.25, 0.3) is 0 Å². The number of benzene rings is 1. The van der Waals surface area contributed by atoms with E-state index < -0.39 is 78.1 Å². The summed E-state index contributed by atoms with van der Waals surface area (Å²) < 4.78 is 31.6. The number of imide groups is 1. The fourth-order valence-corrected chi connectivity index (χ4v) is 15.0. The summed E-state index contributed by atoms with van der Waals surface area (Å²) in [6, 6.07) is 2.02. The maximum atomic E-state index is 14.4. The Labute approximate surface area is 586 Å². The molecule has 2 aliphatic heterocycles. The van der Waals surface area contributed by atoms with Crippen molar-refractivity contribution in [1.82, 2.24) is 45.6 Å². The molecule has 2 heterocycles. The van der Waals surface area contributed by atoms with Crippen molar-refractivity contribution in [3.63, 3.8) is 0 Å². The van der Waals surface area contributed by atoms with E-state index in [1.807, 2.05) is 66.8 Å². The fraction of sp³-hybridized carbons (Fsp3) is 0.768. The van der Waals surface area contributed by atoms with Crippen LogP contribution in [0.4, 0.5) is 10.5 Å². The number of carbonyl (C=O) groups excluding carboxylic acids is 10. The summed E-state index contributed by atoms with van der Waals surface area (Å²) in [5.41, 5.74) is 6.53. The topological polar surface area (TPSA) is 328 Å². The van der Waals surface area contributed by atoms with Crippen molar-refractivity contribution in [2.24, 2.45) is 41.2 Å². The molecular formula is C69H119N11O15S2. The first-order chi connectivity index (χ1) is 46.0. The van der Waals surface area contributed by atoms with Gasteiger partial charge in [-0.15, -0.1) is 0 Å². The van der Waals surface area contributed by atoms with Crippen LogP contribution in [0.2, 0.25) is 0 Å². The number of amides is 11. The number of carbonyl (C=O) groups is 10. The number of likely N-dealkylation sites (tertiary alicyclic amines) is 2. The molecule has 28 heteroatoms. The summed E-state index contributed by atoms with van der Waals surface area (Å²) in [6.07, 6.45) is 5.90. The van der Waals surface area contributed by atoms with Crippen LogP contribution < -0.4 is 37.0 Å². The van der Waals surface area contributed by atoms with Gasteiger partial charge in [0.2, 0.25) is 53.2 Å². The van der Waals surface area contributed by atoms with Crippen molar-refractivity contribution >= 4 is 88.6 Å². The van der Waals surface area contributed by atoms with Gasteiger partial charge < -0.3 is 65.8 Å². The minimum absolute atomic E-state index is 0.00904. The van der Waals surface area contributed by atoms with Crippen molar-refractivity contribution in [3.05, 3.63) is 29.8 Å². The van der Waals surface area contributed by atoms with Gasteiger partial charge in [0.25, 0.3) is 0 Å². The molecule has 2 unspecified atom stereocenters. The molecule has 0 saturated carbocycles. The van der Waals surface area contributed by atoms with Gasteiger partial charge in [0.05, 0.1) is 94.8 Å². The number of primary amides is 1. The average molecular weight is 1410 g/mol. The van der Waals surface area contributed by atoms with Gasteiger partial charge in [-0.1, -0.05) is 101 Å². The zero-order chi connectivity index (χ0) is 72.7. The monoisotopic (exact) mass is 1410 g/mol. The lowest BCUT2D eigenvalue weighted by molar-refractivity contribution is -0.148. The van der Waals surface area contributed by atoms with E-state index in [0.717, 1.165) is 24.8 Å². The van der Waals surface area contributed by atoms with E-state index in [1.165, 1.54) is 24.0 Å². The van der Waals surface area contributed by atoms with E-state index in [9.17, 15) is 47.9 Å². The van der Waals surface area contributed by atoms with Crippen LogP contribution in [0, 0.1) is 35.5 Å². The summed E-state index contributed by atoms with van der Waals surface area (Å²) >= 11 is 2.85. The SMILES string of the molecule is CCCC(CC)(SC)C1CC(=O)N(CCOCCOCCOCCC(=O)N[C@H](C(=O)N[C@@H](CCCNC(N)=O)C(=O)Nc2ccc(CSNC(=O)[C@H](C)[C@@H](OC)[C@@H]3CCCN3C(=O)C[C@@H](OC)[C@H]([C@@H](C)CC)N(C)C(=O)[C@@H](NC(=O)[C@H](C(C)C)N(C)C)C(C)C)cc2)C(C)C)C1=O. The first-order valence-electron chi connectivity index (χ1n) is 34.6. The van der Waals surface area contributed by atoms with Crippen molar-refractivity contribution in [3.8, 4) is 0 Å². The standard InChI is InChI=1S/C69H119N11O15S2/c1-18-30-69(20-3,96-17)50-40-55(82)80(66(50)88)33-35-94-37-39-95-38-36-93-34-29-54(81)74-57(43(4)5)64(86)73-51(23-21-31-71-68(70)90)63(85)72-49-27-25-48(26-28-49)42-97-76-62(84)47(11)61(92-16)52-24-22-32-79(52)56(83)41-53(91-15)60(46(10)19-2)78(14)67(89)58(44(6)7)75-65(87)59(45(8)9)77(12)13/h25-28,43-47,50-53,57-61H,18-24,29-42H2,1-17H3,(H,72,85)(H,73,86)(H,74,81)(H,75,87)(H,76,84)(H3,70,71,90)/t46-,47+,50?,51-,52-,53+,57-,58-,59-,60-,61+,69?/m0/s1. The van der Waals surface area contributed by atoms with Crippen LogP contribution in [0.15, 0.2) is 24.3 Å². The van der Waals surface area contributed by atoms with Crippen LogP contribution in [0.1, 0.15) is 152 Å². The fourth-order valence-electron chi connectivity index (χ4n) is 13.0. The largest absolute Gasteiger partial charge is 0.379 e. The number of nitrogens with one attached hydrogen (secondary N) is 6. The number of thioether (sulfide) groups is 1. The number of nitrogens with zero attached hydrogens (tertiary/aromatic N) is 4. The van der Waals surface area contributed by atoms with E-state index in [4.69, 9.17) is 29.4 Å². The number of hydrogen-bond acceptors (Lipinski definition) is 18. The molecule has 1 aromatic carbocycles. The van der Waals surface area contributed by atoms with Gasteiger partial charge in [-0.3, -0.25) is 57.7 Å². The second-order valence-corrected chi connectivity index (χ2v) is 28.8. The van der Waals surface area contributed by atoms with Gasteiger partial charge in [-0.2, -0.15) is 11.8 Å². The molecule has 11 amide bonds. The Bertz CT molecular complexity index is 2650. The molecule has 0 bridgehead atoms. The van der Waals surface area contributed by atoms with Crippen LogP contribution in [-0.2, 0) is 72.6 Å². The number of ether oxygens (including phenoxy) is 5. The van der Waals surface area contributed by atoms with Gasteiger partial charge >= 0.3 is 6.03 Å². The summed E-state index contributed by atoms with van der Waals surface area (Å²) in [5.74, 6) is -4.07. The Morgan fingerprint density at radius 1 is 0.763 bits per heavy atom. The van der Waals surface area contributed by atoms with E-state index in [-0.39, 0.29) is 155 Å². The summed E-state index contributed by atoms with van der Waals surface area (Å²) in [4.78, 5) is 141. The normalized spacial score (nSPS) is 18.4. The maximum Gasteiger partial charge on any atom is 0.312 e. The molecule has 8 N–H and O–H groups in total. The highest BCUT2D eigenvalue weighted by Gasteiger charge is 2.50. The number of anilines is 1. The molecule has 0 aromatic heterocycles. The number of methoxy groups -OCH3 is 2. The number of likely N-dealkylation sites (N-methyl/N-ethyl adjacent to an activating group) is 2. The number of nitrogens with two attached hydrogens (primary N) is 1. The zero-order valence-corrected chi connectivity index (χ0v) is 62.7. The first kappa shape index (κ1) is 85.6. The quantitative estimate of drug-likeness (QED) is 0.0232. The van der Waals surface area contributed by atoms with Crippen LogP contribution in [0.3, 0.4) is 0 Å². The van der Waals surface area contributed by atoms with Crippen molar-refractivity contribution < 1.29 is 71.6 Å². The molecule has 2 fully saturated rings. The van der Waals surface area contributed by atoms with Crippen LogP contribution in [0.5, 0.6) is 0 Å². The molecule has 3 rings (SSSR count). The molecule has 0 spiro atoms. The van der Waals surface area contributed by atoms with E-state index >= 15 is 0 Å². The molecule has 12 atom stereocenters. The number of hydrogen-bond donors (Lipinski definition) is 7. The van der Waals surface area contributed by atoms with Gasteiger partial charge in [0.15, 0.2) is 0 Å². The lowest BCUT2D eigenvalue weighted by atomic mass is 9.84. The highest BCUT2D eigenvalue weighted by Crippen LogP contribution is 2.44. The molecular weight excluding hydrogens is 1290 g/mol. The third-order valence-electron chi connectivity index (χ3n) is 18.7. The molecule has 0 aliphatic carbocycles. The van der Waals surface area contributed by atoms with Crippen LogP contribution >= 0.6 is 23.7 Å². The Balaban J connectivity index is 1.52. The molecule has 552 valence electrons. The maximum absolute atomic E-state index is 14.4. The third-order valence-corrected chi connectivity index (χ3v) is 21.1. The Morgan fingerprint density at radius 3 is 1.94 bits per heavy atom. The van der Waals surface area contributed by atoms with E-state index in [1.54, 1.807) is 80.8 Å². The number of urea groups is 1. The molecule has 2 aliphatic rings. The summed E-state index contributed by atoms with van der Waals surface area (Å²) in [5, 5.41) is 13.9. The minimum atomic E-state index is -1.07. The van der Waals surface area contributed by atoms with E-state index in [2.05, 4.69) is 45.2 Å². The first-order valence-corrected chi connectivity index (χ1v) is 36.9. The molecule has 0 radical (unpaired) electrons. The second-order valence-electron chi connectivity index (χ2n) is 26.8. The molecule has 97 heavy (non-hydrogen) atoms. The van der Waals surface area contributed by atoms with E-state index in [0.29, 0.717) is 37.2 Å². The third kappa shape index (κ3) is 26.4. The lowest BCUT2D eigenvalue weighted by Crippen LogP contribution is -2.59. The highest BCUT2D eigenvalue weighted by atomic mass is 32.2. The van der Waals surface area contributed by atoms with Gasteiger partial charge in [-0.25, -0.2) is 4.79 Å². The summed E-state index contributed by atoms with van der Waals surface area (Å²) in [6.45, 7) is 23.2. The second kappa shape index (κ2) is 43.8. The molecule has 26 nitrogen and oxygen atoms in total. The summed E-state index contributed by atoms with van der Waals surface area (Å²) in [7, 11) is 8.47. The van der Waals surface area contributed by atoms with Crippen LogP contribution in [-0.4, -0.2) is 233 Å². The van der Waals surface area contributed by atoms with Gasteiger partial charge in [-0.05, 0) is 112 Å². The molecule has 1 aromatic rings. The predicted octanol–water partition coefficient (Wildman–Crippen LogP) is 5.74. The Morgan fingerprint density at radius 2 is 1.39 bits per heavy atom. The van der Waals surface area contributed by atoms with Crippen molar-refractivity contribution in [1.29, 1.82) is 0 Å². The van der Waals surface area contributed by atoms with Gasteiger partial charge in [0.1, 0.15) is 18.1 Å². The average Bonchev–Trinajstić information content (AvgIpc) is 1.68. The lowest BCUT2D eigenvalue weighted by Gasteiger charge is -2.41. The smallest absolute Gasteiger partial charge is 0.312 e. The Kier molecular flexibility index (Phi) is 38.7. The van der Waals surface area contributed by atoms with Gasteiger partial charge in [0, 0.05) is 63.4 Å². The molecule has 2 saturated heterocycles. The number of rotatable bonds is 47. The minimum Gasteiger partial charge on any atom is -0.379 e. The van der Waals surface area contributed by atoms with Crippen molar-refractivity contribution in [2.45, 2.75) is 206 Å². The zero-order valence-electron chi connectivity index (χ0n) is 61.0.